The van der Waals surface area contributed by atoms with Gasteiger partial charge in [0.2, 0.25) is 5.91 Å². The first-order valence-corrected chi connectivity index (χ1v) is 6.22. The highest BCUT2D eigenvalue weighted by atomic mass is 35.5. The van der Waals surface area contributed by atoms with Crippen LogP contribution in [0.1, 0.15) is 5.69 Å². The van der Waals surface area contributed by atoms with Gasteiger partial charge >= 0.3 is 0 Å². The Labute approximate surface area is 116 Å². The highest BCUT2D eigenvalue weighted by Crippen LogP contribution is 2.17. The number of alkyl halides is 1. The third kappa shape index (κ3) is 3.93. The summed E-state index contributed by atoms with van der Waals surface area (Å²) in [4.78, 5) is 19.3. The zero-order chi connectivity index (χ0) is 13.7. The zero-order valence-electron chi connectivity index (χ0n) is 10.4. The Hall–Kier alpha value is -2.14. The maximum absolute atomic E-state index is 11.1. The van der Waals surface area contributed by atoms with E-state index < -0.39 is 0 Å². The number of hydrogen-bond donors (Lipinski definition) is 2. The number of nitrogens with zero attached hydrogens (tertiary/aromatic N) is 2. The molecule has 5 nitrogen and oxygen atoms in total. The predicted molar refractivity (Wildman–Crippen MR) is 75.8 cm³/mol. The molecule has 0 bridgehead atoms. The van der Waals surface area contributed by atoms with Crippen molar-refractivity contribution in [3.05, 3.63) is 42.4 Å². The Morgan fingerprint density at radius 1 is 1.21 bits per heavy atom. The van der Waals surface area contributed by atoms with Crippen molar-refractivity contribution < 1.29 is 4.79 Å². The SMILES string of the molecule is Cc1cc(Nc2ccc(NC(=O)CCl)cc2)ncn1. The Kier molecular flexibility index (Phi) is 4.30. The van der Waals surface area contributed by atoms with Crippen molar-refractivity contribution in [1.29, 1.82) is 0 Å². The van der Waals surface area contributed by atoms with E-state index in [9.17, 15) is 4.79 Å². The molecule has 0 unspecified atom stereocenters. The van der Waals surface area contributed by atoms with Crippen LogP contribution in [0.4, 0.5) is 17.2 Å². The van der Waals surface area contributed by atoms with Crippen molar-refractivity contribution in [2.75, 3.05) is 16.5 Å². The molecule has 98 valence electrons. The number of anilines is 3. The molecule has 0 atom stereocenters. The number of carbonyl (C=O) groups excluding carboxylic acids is 1. The number of hydrogen-bond acceptors (Lipinski definition) is 4. The maximum atomic E-state index is 11.1. The molecule has 0 spiro atoms. The number of amides is 1. The first-order chi connectivity index (χ1) is 9.17. The molecular weight excluding hydrogens is 264 g/mol. The Balaban J connectivity index is 2.04. The molecule has 0 aliphatic carbocycles. The molecule has 2 rings (SSSR count). The molecule has 2 N–H and O–H groups in total. The summed E-state index contributed by atoms with van der Waals surface area (Å²) in [6, 6.07) is 9.13. The maximum Gasteiger partial charge on any atom is 0.239 e. The molecule has 1 amide bonds. The van der Waals surface area contributed by atoms with Gasteiger partial charge in [0.05, 0.1) is 0 Å². The number of aryl methyl sites for hydroxylation is 1. The third-order valence-electron chi connectivity index (χ3n) is 2.37. The minimum Gasteiger partial charge on any atom is -0.340 e. The van der Waals surface area contributed by atoms with Gasteiger partial charge in [0.1, 0.15) is 18.0 Å². The van der Waals surface area contributed by atoms with Crippen LogP contribution in [0.3, 0.4) is 0 Å². The molecule has 6 heteroatoms. The van der Waals surface area contributed by atoms with E-state index in [2.05, 4.69) is 20.6 Å². The van der Waals surface area contributed by atoms with Crippen LogP contribution in [0.5, 0.6) is 0 Å². The lowest BCUT2D eigenvalue weighted by Crippen LogP contribution is -2.12. The van der Waals surface area contributed by atoms with Gasteiger partial charge in [0.15, 0.2) is 0 Å². The molecule has 2 aromatic rings. The molecule has 0 saturated carbocycles. The number of nitrogens with one attached hydrogen (secondary N) is 2. The van der Waals surface area contributed by atoms with Crippen molar-refractivity contribution in [3.63, 3.8) is 0 Å². The van der Waals surface area contributed by atoms with E-state index in [1.165, 1.54) is 6.33 Å². The highest BCUT2D eigenvalue weighted by molar-refractivity contribution is 6.29. The van der Waals surface area contributed by atoms with E-state index in [-0.39, 0.29) is 11.8 Å². The number of carbonyl (C=O) groups is 1. The standard InChI is InChI=1S/C13H13ClN4O/c1-9-6-12(16-8-15-9)17-10-2-4-11(5-3-10)18-13(19)7-14/h2-6,8H,7H2,1H3,(H,18,19)(H,15,16,17). The fourth-order valence-electron chi connectivity index (χ4n) is 1.50. The third-order valence-corrected chi connectivity index (χ3v) is 2.61. The van der Waals surface area contributed by atoms with E-state index in [1.807, 2.05) is 25.1 Å². The molecule has 0 fully saturated rings. The van der Waals surface area contributed by atoms with Gasteiger partial charge in [-0.1, -0.05) is 0 Å². The summed E-state index contributed by atoms with van der Waals surface area (Å²) in [5.41, 5.74) is 2.47. The minimum atomic E-state index is -0.228. The van der Waals surface area contributed by atoms with Gasteiger partial charge in [-0.3, -0.25) is 4.79 Å². The summed E-state index contributed by atoms with van der Waals surface area (Å²) < 4.78 is 0. The molecule has 0 radical (unpaired) electrons. The quantitative estimate of drug-likeness (QED) is 0.843. The van der Waals surface area contributed by atoms with E-state index in [4.69, 9.17) is 11.6 Å². The van der Waals surface area contributed by atoms with Gasteiger partial charge in [-0.15, -0.1) is 11.6 Å². The Morgan fingerprint density at radius 2 is 1.89 bits per heavy atom. The van der Waals surface area contributed by atoms with Crippen molar-refractivity contribution in [2.45, 2.75) is 6.92 Å². The summed E-state index contributed by atoms with van der Waals surface area (Å²) >= 11 is 5.42. The minimum absolute atomic E-state index is 0.0553. The first-order valence-electron chi connectivity index (χ1n) is 5.69. The lowest BCUT2D eigenvalue weighted by Gasteiger charge is -2.07. The van der Waals surface area contributed by atoms with Crippen LogP contribution in [0, 0.1) is 6.92 Å². The number of aromatic nitrogens is 2. The summed E-state index contributed by atoms with van der Waals surface area (Å²) in [7, 11) is 0. The number of rotatable bonds is 4. The van der Waals surface area contributed by atoms with Crippen LogP contribution in [0.25, 0.3) is 0 Å². The number of benzene rings is 1. The lowest BCUT2D eigenvalue weighted by molar-refractivity contribution is -0.113. The van der Waals surface area contributed by atoms with Crippen LogP contribution in [0.2, 0.25) is 0 Å². The summed E-state index contributed by atoms with van der Waals surface area (Å²) in [6.45, 7) is 1.90. The van der Waals surface area contributed by atoms with Gasteiger partial charge in [0.25, 0.3) is 0 Å². The van der Waals surface area contributed by atoms with E-state index >= 15 is 0 Å². The average Bonchev–Trinajstić information content (AvgIpc) is 2.41. The fraction of sp³-hybridized carbons (Fsp3) is 0.154. The zero-order valence-corrected chi connectivity index (χ0v) is 11.1. The van der Waals surface area contributed by atoms with Crippen LogP contribution in [0.15, 0.2) is 36.7 Å². The molecule has 0 saturated heterocycles. The van der Waals surface area contributed by atoms with Crippen molar-refractivity contribution in [3.8, 4) is 0 Å². The predicted octanol–water partition coefficient (Wildman–Crippen LogP) is 2.71. The molecule has 19 heavy (non-hydrogen) atoms. The summed E-state index contributed by atoms with van der Waals surface area (Å²) in [5, 5.41) is 5.82. The second-order valence-corrected chi connectivity index (χ2v) is 4.20. The van der Waals surface area contributed by atoms with Crippen LogP contribution >= 0.6 is 11.6 Å². The molecule has 0 aliphatic rings. The van der Waals surface area contributed by atoms with Crippen LogP contribution in [-0.2, 0) is 4.79 Å². The van der Waals surface area contributed by atoms with E-state index in [1.54, 1.807) is 12.1 Å². The Bertz CT molecular complexity index is 571. The van der Waals surface area contributed by atoms with E-state index in [0.29, 0.717) is 5.69 Å². The highest BCUT2D eigenvalue weighted by Gasteiger charge is 2.01. The normalized spacial score (nSPS) is 10.0. The molecule has 1 heterocycles. The second kappa shape index (κ2) is 6.15. The van der Waals surface area contributed by atoms with Gasteiger partial charge in [-0.25, -0.2) is 9.97 Å². The largest absolute Gasteiger partial charge is 0.340 e. The summed E-state index contributed by atoms with van der Waals surface area (Å²) in [6.07, 6.45) is 1.51. The molecule has 1 aromatic heterocycles. The molecule has 1 aromatic carbocycles. The van der Waals surface area contributed by atoms with Crippen LogP contribution in [-0.4, -0.2) is 21.8 Å². The van der Waals surface area contributed by atoms with Crippen LogP contribution < -0.4 is 10.6 Å². The molecular formula is C13H13ClN4O. The van der Waals surface area contributed by atoms with Gasteiger partial charge in [-0.2, -0.15) is 0 Å². The summed E-state index contributed by atoms with van der Waals surface area (Å²) in [5.74, 6) is 0.444. The monoisotopic (exact) mass is 276 g/mol. The van der Waals surface area contributed by atoms with Crippen molar-refractivity contribution in [1.82, 2.24) is 9.97 Å². The topological polar surface area (TPSA) is 66.9 Å². The Morgan fingerprint density at radius 3 is 2.53 bits per heavy atom. The smallest absolute Gasteiger partial charge is 0.239 e. The first kappa shape index (κ1) is 13.3. The van der Waals surface area contributed by atoms with E-state index in [0.717, 1.165) is 17.2 Å². The van der Waals surface area contributed by atoms with Gasteiger partial charge < -0.3 is 10.6 Å². The second-order valence-electron chi connectivity index (χ2n) is 3.93. The molecule has 0 aliphatic heterocycles. The van der Waals surface area contributed by atoms with Gasteiger partial charge in [-0.05, 0) is 31.2 Å². The van der Waals surface area contributed by atoms with Crippen molar-refractivity contribution >= 4 is 34.7 Å². The average molecular weight is 277 g/mol. The fourth-order valence-corrected chi connectivity index (χ4v) is 1.57. The van der Waals surface area contributed by atoms with Crippen molar-refractivity contribution in [2.24, 2.45) is 0 Å². The number of halogens is 1. The lowest BCUT2D eigenvalue weighted by atomic mass is 10.2. The van der Waals surface area contributed by atoms with Gasteiger partial charge in [0, 0.05) is 23.1 Å².